The molecule has 0 bridgehead atoms. The predicted molar refractivity (Wildman–Crippen MR) is 80.7 cm³/mol. The van der Waals surface area contributed by atoms with E-state index in [1.54, 1.807) is 6.07 Å². The summed E-state index contributed by atoms with van der Waals surface area (Å²) in [6.45, 7) is 5.20. The van der Waals surface area contributed by atoms with Crippen molar-refractivity contribution in [3.63, 3.8) is 0 Å². The molecule has 5 nitrogen and oxygen atoms in total. The maximum atomic E-state index is 12.6. The third-order valence-electron chi connectivity index (χ3n) is 3.31. The van der Waals surface area contributed by atoms with Gasteiger partial charge in [0.1, 0.15) is 0 Å². The van der Waals surface area contributed by atoms with E-state index in [2.05, 4.69) is 0 Å². The van der Waals surface area contributed by atoms with Crippen LogP contribution in [-0.2, 0) is 14.8 Å². The van der Waals surface area contributed by atoms with E-state index >= 15 is 0 Å². The Balaban J connectivity index is 0.00000200. The normalized spacial score (nSPS) is 20.4. The number of sulfonamides is 1. The molecular weight excluding hydrogens is 300 g/mol. The molecule has 0 amide bonds. The number of hydrogen-bond donors (Lipinski definition) is 1. The Morgan fingerprint density at radius 3 is 2.70 bits per heavy atom. The fourth-order valence-corrected chi connectivity index (χ4v) is 3.94. The summed E-state index contributed by atoms with van der Waals surface area (Å²) < 4.78 is 32.1. The van der Waals surface area contributed by atoms with E-state index in [1.807, 2.05) is 26.0 Å². The lowest BCUT2D eigenvalue weighted by Crippen LogP contribution is -2.48. The first kappa shape index (κ1) is 17.4. The zero-order valence-corrected chi connectivity index (χ0v) is 13.3. The molecule has 0 aliphatic carbocycles. The van der Waals surface area contributed by atoms with E-state index in [4.69, 9.17) is 10.5 Å². The second-order valence-corrected chi connectivity index (χ2v) is 6.77. The highest BCUT2D eigenvalue weighted by Gasteiger charge is 2.31. The van der Waals surface area contributed by atoms with Gasteiger partial charge in [-0.25, -0.2) is 8.42 Å². The van der Waals surface area contributed by atoms with E-state index in [0.717, 1.165) is 11.1 Å². The molecule has 1 aromatic rings. The van der Waals surface area contributed by atoms with Gasteiger partial charge in [-0.3, -0.25) is 0 Å². The molecule has 7 heteroatoms. The first-order valence-electron chi connectivity index (χ1n) is 6.34. The van der Waals surface area contributed by atoms with Gasteiger partial charge in [-0.05, 0) is 25.5 Å². The van der Waals surface area contributed by atoms with Crippen molar-refractivity contribution in [2.45, 2.75) is 24.8 Å². The van der Waals surface area contributed by atoms with Crippen LogP contribution >= 0.6 is 12.4 Å². The summed E-state index contributed by atoms with van der Waals surface area (Å²) in [6, 6.07) is 5.38. The average Bonchev–Trinajstić information content (AvgIpc) is 2.38. The molecule has 2 rings (SSSR count). The van der Waals surface area contributed by atoms with Gasteiger partial charge >= 0.3 is 0 Å². The summed E-state index contributed by atoms with van der Waals surface area (Å²) in [5.74, 6) is 0. The SMILES string of the molecule is Cc1ccc(S(=O)(=O)N2CCOC(CN)C2)c(C)c1.Cl. The number of benzene rings is 1. The highest BCUT2D eigenvalue weighted by Crippen LogP contribution is 2.22. The molecule has 0 spiro atoms. The van der Waals surface area contributed by atoms with Crippen molar-refractivity contribution >= 4 is 22.4 Å². The largest absolute Gasteiger partial charge is 0.374 e. The lowest BCUT2D eigenvalue weighted by Gasteiger charge is -2.31. The molecule has 20 heavy (non-hydrogen) atoms. The Bertz CT molecular complexity index is 563. The maximum Gasteiger partial charge on any atom is 0.243 e. The second-order valence-electron chi connectivity index (χ2n) is 4.86. The maximum absolute atomic E-state index is 12.6. The van der Waals surface area contributed by atoms with Crippen LogP contribution in [0.2, 0.25) is 0 Å². The number of rotatable bonds is 3. The van der Waals surface area contributed by atoms with Crippen molar-refractivity contribution in [2.24, 2.45) is 5.73 Å². The number of aryl methyl sites for hydroxylation is 2. The average molecular weight is 321 g/mol. The molecular formula is C13H21ClN2O3S. The van der Waals surface area contributed by atoms with E-state index in [1.165, 1.54) is 4.31 Å². The molecule has 1 unspecified atom stereocenters. The van der Waals surface area contributed by atoms with Crippen LogP contribution in [0.4, 0.5) is 0 Å². The summed E-state index contributed by atoms with van der Waals surface area (Å²) in [7, 11) is -3.45. The summed E-state index contributed by atoms with van der Waals surface area (Å²) in [5.41, 5.74) is 7.38. The van der Waals surface area contributed by atoms with Crippen LogP contribution in [0.1, 0.15) is 11.1 Å². The zero-order chi connectivity index (χ0) is 14.0. The molecule has 1 aliphatic rings. The minimum Gasteiger partial charge on any atom is -0.374 e. The number of hydrogen-bond acceptors (Lipinski definition) is 4. The van der Waals surface area contributed by atoms with Gasteiger partial charge in [0, 0.05) is 19.6 Å². The molecule has 0 saturated carbocycles. The molecule has 1 saturated heterocycles. The van der Waals surface area contributed by atoms with Crippen LogP contribution in [0.15, 0.2) is 23.1 Å². The molecule has 0 aromatic heterocycles. The summed E-state index contributed by atoms with van der Waals surface area (Å²) >= 11 is 0. The molecule has 2 N–H and O–H groups in total. The van der Waals surface area contributed by atoms with Crippen LogP contribution in [0.3, 0.4) is 0 Å². The van der Waals surface area contributed by atoms with E-state index < -0.39 is 10.0 Å². The van der Waals surface area contributed by atoms with Gasteiger partial charge in [-0.15, -0.1) is 12.4 Å². The van der Waals surface area contributed by atoms with Crippen LogP contribution in [0, 0.1) is 13.8 Å². The Morgan fingerprint density at radius 1 is 1.40 bits per heavy atom. The highest BCUT2D eigenvalue weighted by molar-refractivity contribution is 7.89. The van der Waals surface area contributed by atoms with Crippen LogP contribution < -0.4 is 5.73 Å². The van der Waals surface area contributed by atoms with E-state index in [0.29, 0.717) is 31.1 Å². The second kappa shape index (κ2) is 6.87. The van der Waals surface area contributed by atoms with Gasteiger partial charge in [0.25, 0.3) is 0 Å². The van der Waals surface area contributed by atoms with Gasteiger partial charge < -0.3 is 10.5 Å². The number of ether oxygens (including phenoxy) is 1. The summed E-state index contributed by atoms with van der Waals surface area (Å²) in [4.78, 5) is 0.371. The fraction of sp³-hybridized carbons (Fsp3) is 0.538. The molecule has 1 atom stereocenters. The van der Waals surface area contributed by atoms with E-state index in [-0.39, 0.29) is 18.5 Å². The standard InChI is InChI=1S/C13H20N2O3S.ClH/c1-10-3-4-13(11(2)7-10)19(16,17)15-5-6-18-12(8-14)9-15;/h3-4,7,12H,5-6,8-9,14H2,1-2H3;1H. The summed E-state index contributed by atoms with van der Waals surface area (Å²) in [6.07, 6.45) is -0.214. The third-order valence-corrected chi connectivity index (χ3v) is 5.34. The van der Waals surface area contributed by atoms with Crippen molar-refractivity contribution in [3.05, 3.63) is 29.3 Å². The van der Waals surface area contributed by atoms with Gasteiger partial charge in [-0.2, -0.15) is 4.31 Å². The van der Waals surface area contributed by atoms with Crippen molar-refractivity contribution < 1.29 is 13.2 Å². The molecule has 114 valence electrons. The predicted octanol–water partition coefficient (Wildman–Crippen LogP) is 1.07. The quantitative estimate of drug-likeness (QED) is 0.904. The molecule has 1 heterocycles. The summed E-state index contributed by atoms with van der Waals surface area (Å²) in [5, 5.41) is 0. The molecule has 1 fully saturated rings. The van der Waals surface area contributed by atoms with E-state index in [9.17, 15) is 8.42 Å². The fourth-order valence-electron chi connectivity index (χ4n) is 2.28. The Hall–Kier alpha value is -0.660. The van der Waals surface area contributed by atoms with Gasteiger partial charge in [0.05, 0.1) is 17.6 Å². The highest BCUT2D eigenvalue weighted by atomic mass is 35.5. The number of nitrogens with two attached hydrogens (primary N) is 1. The lowest BCUT2D eigenvalue weighted by atomic mass is 10.2. The number of nitrogens with zero attached hydrogens (tertiary/aromatic N) is 1. The molecule has 0 radical (unpaired) electrons. The van der Waals surface area contributed by atoms with Crippen LogP contribution in [0.5, 0.6) is 0 Å². The van der Waals surface area contributed by atoms with Gasteiger partial charge in [-0.1, -0.05) is 17.7 Å². The van der Waals surface area contributed by atoms with Crippen molar-refractivity contribution in [2.75, 3.05) is 26.2 Å². The van der Waals surface area contributed by atoms with Crippen molar-refractivity contribution in [1.29, 1.82) is 0 Å². The lowest BCUT2D eigenvalue weighted by molar-refractivity contribution is 0.00449. The topological polar surface area (TPSA) is 72.6 Å². The zero-order valence-electron chi connectivity index (χ0n) is 11.7. The molecule has 1 aromatic carbocycles. The number of morpholine rings is 1. The van der Waals surface area contributed by atoms with Crippen LogP contribution in [-0.4, -0.2) is 45.1 Å². The Morgan fingerprint density at radius 2 is 2.10 bits per heavy atom. The first-order chi connectivity index (χ1) is 8.95. The van der Waals surface area contributed by atoms with Gasteiger partial charge in [0.15, 0.2) is 0 Å². The van der Waals surface area contributed by atoms with Crippen molar-refractivity contribution in [3.8, 4) is 0 Å². The monoisotopic (exact) mass is 320 g/mol. The minimum atomic E-state index is -3.45. The first-order valence-corrected chi connectivity index (χ1v) is 7.78. The third kappa shape index (κ3) is 3.51. The van der Waals surface area contributed by atoms with Gasteiger partial charge in [0.2, 0.25) is 10.0 Å². The number of halogens is 1. The van der Waals surface area contributed by atoms with Crippen molar-refractivity contribution in [1.82, 2.24) is 4.31 Å². The Labute approximate surface area is 126 Å². The smallest absolute Gasteiger partial charge is 0.243 e. The van der Waals surface area contributed by atoms with Crippen LogP contribution in [0.25, 0.3) is 0 Å². The molecule has 1 aliphatic heterocycles. The Kier molecular flexibility index (Phi) is 5.97. The minimum absolute atomic E-state index is 0.